The van der Waals surface area contributed by atoms with E-state index in [-0.39, 0.29) is 6.61 Å². The van der Waals surface area contributed by atoms with E-state index < -0.39 is 0 Å². The van der Waals surface area contributed by atoms with Gasteiger partial charge in [0.25, 0.3) is 0 Å². The molecule has 6 nitrogen and oxygen atoms in total. The Balaban J connectivity index is 1.37. The molecule has 0 amide bonds. The number of aliphatic hydroxyl groups is 1. The van der Waals surface area contributed by atoms with Crippen molar-refractivity contribution in [2.24, 2.45) is 0 Å². The van der Waals surface area contributed by atoms with E-state index >= 15 is 0 Å². The van der Waals surface area contributed by atoms with Crippen LogP contribution in [0.15, 0.2) is 30.6 Å². The van der Waals surface area contributed by atoms with E-state index in [1.54, 1.807) is 4.68 Å². The summed E-state index contributed by atoms with van der Waals surface area (Å²) in [5, 5.41) is 13.3. The fourth-order valence-corrected chi connectivity index (χ4v) is 3.76. The van der Waals surface area contributed by atoms with Crippen LogP contribution >= 0.6 is 0 Å². The van der Waals surface area contributed by atoms with E-state index in [0.717, 1.165) is 50.6 Å². The molecule has 0 aliphatic carbocycles. The monoisotopic (exact) mass is 342 g/mol. The Labute approximate surface area is 148 Å². The molecule has 3 heterocycles. The molecule has 1 aromatic heterocycles. The van der Waals surface area contributed by atoms with Crippen LogP contribution in [0.3, 0.4) is 0 Å². The molecule has 2 aromatic rings. The molecule has 134 valence electrons. The van der Waals surface area contributed by atoms with Gasteiger partial charge in [0.15, 0.2) is 0 Å². The summed E-state index contributed by atoms with van der Waals surface area (Å²) in [6.45, 7) is 7.83. The van der Waals surface area contributed by atoms with E-state index in [2.05, 4.69) is 40.0 Å². The van der Waals surface area contributed by atoms with Gasteiger partial charge in [0.05, 0.1) is 31.6 Å². The van der Waals surface area contributed by atoms with Gasteiger partial charge >= 0.3 is 0 Å². The lowest BCUT2D eigenvalue weighted by Crippen LogP contribution is -2.47. The van der Waals surface area contributed by atoms with Gasteiger partial charge in [-0.3, -0.25) is 9.58 Å². The topological polar surface area (TPSA) is 53.8 Å². The van der Waals surface area contributed by atoms with Crippen LogP contribution in [0.5, 0.6) is 5.75 Å². The van der Waals surface area contributed by atoms with Gasteiger partial charge in [-0.1, -0.05) is 12.1 Å². The molecule has 2 aliphatic rings. The summed E-state index contributed by atoms with van der Waals surface area (Å²) in [5.74, 6) is 1.07. The Morgan fingerprint density at radius 2 is 2.08 bits per heavy atom. The third-order valence-electron chi connectivity index (χ3n) is 5.38. The van der Waals surface area contributed by atoms with Gasteiger partial charge in [-0.05, 0) is 24.1 Å². The molecule has 4 rings (SSSR count). The summed E-state index contributed by atoms with van der Waals surface area (Å²) < 4.78 is 7.52. The molecule has 6 heteroatoms. The molecule has 1 aromatic carbocycles. The normalized spacial score (nSPS) is 18.9. The molecule has 2 aliphatic heterocycles. The second-order valence-corrected chi connectivity index (χ2v) is 6.85. The molecule has 0 bridgehead atoms. The Bertz CT molecular complexity index is 722. The first-order valence-corrected chi connectivity index (χ1v) is 9.12. The fraction of sp³-hybridized carbons (Fsp3) is 0.526. The smallest absolute Gasteiger partial charge is 0.122 e. The van der Waals surface area contributed by atoms with Gasteiger partial charge in [0.1, 0.15) is 5.75 Å². The zero-order chi connectivity index (χ0) is 17.2. The Morgan fingerprint density at radius 1 is 1.24 bits per heavy atom. The molecule has 0 saturated carbocycles. The standard InChI is InChI=1S/C19H26N4O2/c1-15(17-3-2-16-4-11-25-19(16)12-17)21-5-7-22(8-6-21)18-13-20-23(14-18)9-10-24/h2-3,12-15,24H,4-11H2,1H3/t15-/m0/s1. The summed E-state index contributed by atoms with van der Waals surface area (Å²) >= 11 is 0. The van der Waals surface area contributed by atoms with E-state index in [0.29, 0.717) is 12.6 Å². The second-order valence-electron chi connectivity index (χ2n) is 6.85. The van der Waals surface area contributed by atoms with E-state index in [4.69, 9.17) is 9.84 Å². The first kappa shape index (κ1) is 16.4. The summed E-state index contributed by atoms with van der Waals surface area (Å²) in [4.78, 5) is 4.90. The molecule has 1 saturated heterocycles. The van der Waals surface area contributed by atoms with Crippen LogP contribution in [0.4, 0.5) is 5.69 Å². The number of benzene rings is 1. The minimum atomic E-state index is 0.122. The maximum absolute atomic E-state index is 9.01. The maximum Gasteiger partial charge on any atom is 0.122 e. The number of hydrogen-bond acceptors (Lipinski definition) is 5. The highest BCUT2D eigenvalue weighted by molar-refractivity contribution is 5.43. The second kappa shape index (κ2) is 7.06. The summed E-state index contributed by atoms with van der Waals surface area (Å²) in [6, 6.07) is 7.09. The minimum absolute atomic E-state index is 0.122. The Morgan fingerprint density at radius 3 is 2.88 bits per heavy atom. The van der Waals surface area contributed by atoms with Gasteiger partial charge in [0, 0.05) is 44.8 Å². The average molecular weight is 342 g/mol. The van der Waals surface area contributed by atoms with Crippen molar-refractivity contribution in [1.82, 2.24) is 14.7 Å². The molecule has 0 spiro atoms. The van der Waals surface area contributed by atoms with Crippen molar-refractivity contribution in [3.63, 3.8) is 0 Å². The van der Waals surface area contributed by atoms with Crippen LogP contribution < -0.4 is 9.64 Å². The van der Waals surface area contributed by atoms with Crippen molar-refractivity contribution in [1.29, 1.82) is 0 Å². The number of anilines is 1. The predicted molar refractivity (Wildman–Crippen MR) is 97.2 cm³/mol. The highest BCUT2D eigenvalue weighted by Crippen LogP contribution is 2.31. The molecule has 1 fully saturated rings. The van der Waals surface area contributed by atoms with Gasteiger partial charge in [-0.2, -0.15) is 5.10 Å². The number of rotatable bonds is 5. The minimum Gasteiger partial charge on any atom is -0.493 e. The summed E-state index contributed by atoms with van der Waals surface area (Å²) in [7, 11) is 0. The zero-order valence-electron chi connectivity index (χ0n) is 14.8. The zero-order valence-corrected chi connectivity index (χ0v) is 14.8. The molecule has 25 heavy (non-hydrogen) atoms. The molecule has 0 unspecified atom stereocenters. The number of aliphatic hydroxyl groups excluding tert-OH is 1. The van der Waals surface area contributed by atoms with Crippen LogP contribution in [-0.2, 0) is 13.0 Å². The third-order valence-corrected chi connectivity index (χ3v) is 5.38. The van der Waals surface area contributed by atoms with Gasteiger partial charge in [0.2, 0.25) is 0 Å². The van der Waals surface area contributed by atoms with Crippen molar-refractivity contribution in [3.05, 3.63) is 41.7 Å². The Hall–Kier alpha value is -2.05. The molecule has 1 N–H and O–H groups in total. The van der Waals surface area contributed by atoms with Crippen LogP contribution in [0.25, 0.3) is 0 Å². The van der Waals surface area contributed by atoms with Crippen LogP contribution in [0, 0.1) is 0 Å². The molecule has 1 atom stereocenters. The predicted octanol–water partition coefficient (Wildman–Crippen LogP) is 1.69. The lowest BCUT2D eigenvalue weighted by atomic mass is 10.0. The Kier molecular flexibility index (Phi) is 4.63. The summed E-state index contributed by atoms with van der Waals surface area (Å²) in [5.41, 5.74) is 3.82. The van der Waals surface area contributed by atoms with Crippen molar-refractivity contribution in [2.75, 3.05) is 44.3 Å². The van der Waals surface area contributed by atoms with Crippen LogP contribution in [0.2, 0.25) is 0 Å². The summed E-state index contributed by atoms with van der Waals surface area (Å²) in [6.07, 6.45) is 4.95. The lowest BCUT2D eigenvalue weighted by molar-refractivity contribution is 0.198. The van der Waals surface area contributed by atoms with Crippen molar-refractivity contribution in [3.8, 4) is 5.75 Å². The van der Waals surface area contributed by atoms with E-state index in [1.165, 1.54) is 11.1 Å². The highest BCUT2D eigenvalue weighted by Gasteiger charge is 2.24. The largest absolute Gasteiger partial charge is 0.493 e. The number of nitrogens with zero attached hydrogens (tertiary/aromatic N) is 4. The number of ether oxygens (including phenoxy) is 1. The SMILES string of the molecule is C[C@@H](c1ccc2c(c1)OCC2)N1CCN(c2cnn(CCO)c2)CC1. The maximum atomic E-state index is 9.01. The quantitative estimate of drug-likeness (QED) is 0.896. The average Bonchev–Trinajstić information content (AvgIpc) is 3.30. The van der Waals surface area contributed by atoms with Crippen LogP contribution in [-0.4, -0.2) is 59.2 Å². The van der Waals surface area contributed by atoms with Gasteiger partial charge in [-0.25, -0.2) is 0 Å². The van der Waals surface area contributed by atoms with Crippen molar-refractivity contribution in [2.45, 2.75) is 25.9 Å². The number of fused-ring (bicyclic) bond motifs is 1. The first-order valence-electron chi connectivity index (χ1n) is 9.12. The molecule has 0 radical (unpaired) electrons. The third kappa shape index (κ3) is 3.37. The fourth-order valence-electron chi connectivity index (χ4n) is 3.76. The highest BCUT2D eigenvalue weighted by atomic mass is 16.5. The van der Waals surface area contributed by atoms with Gasteiger partial charge in [-0.15, -0.1) is 0 Å². The van der Waals surface area contributed by atoms with Crippen molar-refractivity contribution >= 4 is 5.69 Å². The lowest BCUT2D eigenvalue weighted by Gasteiger charge is -2.38. The molecular formula is C19H26N4O2. The van der Waals surface area contributed by atoms with E-state index in [9.17, 15) is 0 Å². The number of piperazine rings is 1. The van der Waals surface area contributed by atoms with Crippen LogP contribution in [0.1, 0.15) is 24.1 Å². The first-order chi connectivity index (χ1) is 12.2. The number of hydrogen-bond donors (Lipinski definition) is 1. The van der Waals surface area contributed by atoms with E-state index in [1.807, 2.05) is 12.4 Å². The number of aromatic nitrogens is 2. The molecular weight excluding hydrogens is 316 g/mol. The van der Waals surface area contributed by atoms with Crippen molar-refractivity contribution < 1.29 is 9.84 Å². The van der Waals surface area contributed by atoms with Gasteiger partial charge < -0.3 is 14.7 Å².